The highest BCUT2D eigenvalue weighted by Gasteiger charge is 2.24. The molecule has 6 heteroatoms. The maximum absolute atomic E-state index is 11.9. The van der Waals surface area contributed by atoms with E-state index in [9.17, 15) is 10.1 Å². The van der Waals surface area contributed by atoms with Gasteiger partial charge in [-0.25, -0.2) is 0 Å². The number of nitrogens with zero attached hydrogens (tertiary/aromatic N) is 2. The Labute approximate surface area is 117 Å². The Morgan fingerprint density at radius 2 is 2.16 bits per heavy atom. The molecule has 0 unspecified atom stereocenters. The third-order valence-electron chi connectivity index (χ3n) is 3.23. The minimum absolute atomic E-state index is 0.190. The van der Waals surface area contributed by atoms with Crippen molar-refractivity contribution in [3.8, 4) is 6.07 Å². The summed E-state index contributed by atoms with van der Waals surface area (Å²) in [7, 11) is 0. The second-order valence-corrected chi connectivity index (χ2v) is 5.54. The molecule has 2 rings (SSSR count). The van der Waals surface area contributed by atoms with Crippen molar-refractivity contribution >= 4 is 27.9 Å². The van der Waals surface area contributed by atoms with Crippen LogP contribution >= 0.6 is 11.3 Å². The van der Waals surface area contributed by atoms with Gasteiger partial charge in [0.15, 0.2) is 0 Å². The Kier molecular flexibility index (Phi) is 4.27. The Hall–Kier alpha value is -1.74. The maximum Gasteiger partial charge on any atom is 0.263 e. The largest absolute Gasteiger partial charge is 0.396 e. The highest BCUT2D eigenvalue weighted by atomic mass is 32.1. The van der Waals surface area contributed by atoms with Gasteiger partial charge < -0.3 is 16.0 Å². The Morgan fingerprint density at radius 1 is 1.47 bits per heavy atom. The van der Waals surface area contributed by atoms with Crippen LogP contribution in [-0.2, 0) is 0 Å². The summed E-state index contributed by atoms with van der Waals surface area (Å²) in [5, 5.41) is 12.9. The van der Waals surface area contributed by atoms with Crippen molar-refractivity contribution in [3.05, 3.63) is 10.4 Å². The molecular formula is C13H18N4OS. The molecule has 0 aliphatic carbocycles. The number of nitrogens with two attached hydrogens (primary N) is 1. The summed E-state index contributed by atoms with van der Waals surface area (Å²) in [6.07, 6.45) is 3.47. The quantitative estimate of drug-likeness (QED) is 0.885. The summed E-state index contributed by atoms with van der Waals surface area (Å²) in [5.74, 6) is -0.190. The molecular weight excluding hydrogens is 260 g/mol. The molecule has 1 fully saturated rings. The molecule has 5 nitrogen and oxygen atoms in total. The van der Waals surface area contributed by atoms with E-state index < -0.39 is 0 Å². The molecule has 0 atom stereocenters. The molecule has 1 aromatic heterocycles. The standard InChI is InChI=1S/C13H18N4OS/c1-2-16-12(18)11-10(15)9(8-14)13(19-11)17-6-4-3-5-7-17/h2-7,15H2,1H3,(H,16,18). The molecule has 0 radical (unpaired) electrons. The summed E-state index contributed by atoms with van der Waals surface area (Å²) in [5.41, 5.74) is 6.72. The van der Waals surface area contributed by atoms with Gasteiger partial charge in [0, 0.05) is 19.6 Å². The fraction of sp³-hybridized carbons (Fsp3) is 0.538. The van der Waals surface area contributed by atoms with Gasteiger partial charge in [-0.1, -0.05) is 0 Å². The summed E-state index contributed by atoms with van der Waals surface area (Å²) >= 11 is 1.33. The van der Waals surface area contributed by atoms with E-state index in [2.05, 4.69) is 16.3 Å². The summed E-state index contributed by atoms with van der Waals surface area (Å²) in [4.78, 5) is 14.6. The summed E-state index contributed by atoms with van der Waals surface area (Å²) < 4.78 is 0. The van der Waals surface area contributed by atoms with Gasteiger partial charge >= 0.3 is 0 Å². The smallest absolute Gasteiger partial charge is 0.263 e. The number of hydrogen-bond acceptors (Lipinski definition) is 5. The van der Waals surface area contributed by atoms with Crippen molar-refractivity contribution in [1.82, 2.24) is 5.32 Å². The highest BCUT2D eigenvalue weighted by Crippen LogP contribution is 2.38. The third kappa shape index (κ3) is 2.66. The summed E-state index contributed by atoms with van der Waals surface area (Å²) in [6.45, 7) is 4.28. The number of carbonyl (C=O) groups excluding carboxylic acids is 1. The molecule has 1 saturated heterocycles. The molecule has 19 heavy (non-hydrogen) atoms. The average molecular weight is 278 g/mol. The van der Waals surface area contributed by atoms with Crippen LogP contribution in [0.15, 0.2) is 0 Å². The number of piperidine rings is 1. The van der Waals surface area contributed by atoms with Crippen LogP contribution in [0.4, 0.5) is 10.7 Å². The number of thiophene rings is 1. The highest BCUT2D eigenvalue weighted by molar-refractivity contribution is 7.19. The van der Waals surface area contributed by atoms with Crippen molar-refractivity contribution in [2.45, 2.75) is 26.2 Å². The van der Waals surface area contributed by atoms with Crippen LogP contribution in [0, 0.1) is 11.3 Å². The number of nitrogens with one attached hydrogen (secondary N) is 1. The van der Waals surface area contributed by atoms with Crippen LogP contribution in [-0.4, -0.2) is 25.5 Å². The van der Waals surface area contributed by atoms with E-state index in [0.717, 1.165) is 30.9 Å². The number of anilines is 2. The molecule has 1 aliphatic rings. The second kappa shape index (κ2) is 5.93. The average Bonchev–Trinajstić information content (AvgIpc) is 2.77. The normalized spacial score (nSPS) is 15.1. The minimum atomic E-state index is -0.190. The lowest BCUT2D eigenvalue weighted by Crippen LogP contribution is -2.29. The van der Waals surface area contributed by atoms with E-state index in [1.807, 2.05) is 6.92 Å². The molecule has 2 heterocycles. The molecule has 1 amide bonds. The fourth-order valence-electron chi connectivity index (χ4n) is 2.27. The maximum atomic E-state index is 11.9. The van der Waals surface area contributed by atoms with Gasteiger partial charge in [0.1, 0.15) is 21.5 Å². The Morgan fingerprint density at radius 3 is 2.74 bits per heavy atom. The van der Waals surface area contributed by atoms with Crippen molar-refractivity contribution in [1.29, 1.82) is 5.26 Å². The number of nitriles is 1. The fourth-order valence-corrected chi connectivity index (χ4v) is 3.41. The van der Waals surface area contributed by atoms with Crippen molar-refractivity contribution in [3.63, 3.8) is 0 Å². The first-order chi connectivity index (χ1) is 9.19. The molecule has 1 aliphatic heterocycles. The zero-order chi connectivity index (χ0) is 13.8. The van der Waals surface area contributed by atoms with Crippen LogP contribution in [0.3, 0.4) is 0 Å². The first-order valence-corrected chi connectivity index (χ1v) is 7.36. The topological polar surface area (TPSA) is 82.2 Å². The van der Waals surface area contributed by atoms with Gasteiger partial charge in [-0.05, 0) is 26.2 Å². The first kappa shape index (κ1) is 13.7. The predicted octanol–water partition coefficient (Wildman–Crippen LogP) is 1.94. The van der Waals surface area contributed by atoms with Gasteiger partial charge in [-0.2, -0.15) is 5.26 Å². The lowest BCUT2D eigenvalue weighted by atomic mass is 10.1. The molecule has 0 bridgehead atoms. The molecule has 102 valence electrons. The zero-order valence-electron chi connectivity index (χ0n) is 11.0. The number of amides is 1. The second-order valence-electron chi connectivity index (χ2n) is 4.54. The van der Waals surface area contributed by atoms with Crippen LogP contribution in [0.1, 0.15) is 41.4 Å². The molecule has 0 aromatic carbocycles. The minimum Gasteiger partial charge on any atom is -0.396 e. The van der Waals surface area contributed by atoms with E-state index in [1.165, 1.54) is 17.8 Å². The van der Waals surface area contributed by atoms with Crippen LogP contribution < -0.4 is 16.0 Å². The van der Waals surface area contributed by atoms with Crippen LogP contribution in [0.2, 0.25) is 0 Å². The number of hydrogen-bond donors (Lipinski definition) is 2. The Balaban J connectivity index is 2.35. The SMILES string of the molecule is CCNC(=O)c1sc(N2CCCCC2)c(C#N)c1N. The van der Waals surface area contributed by atoms with Gasteiger partial charge in [-0.3, -0.25) is 4.79 Å². The molecule has 0 saturated carbocycles. The van der Waals surface area contributed by atoms with Gasteiger partial charge in [0.05, 0.1) is 5.69 Å². The van der Waals surface area contributed by atoms with E-state index in [0.29, 0.717) is 22.7 Å². The van der Waals surface area contributed by atoms with E-state index in [1.54, 1.807) is 0 Å². The van der Waals surface area contributed by atoms with Crippen molar-refractivity contribution in [2.24, 2.45) is 0 Å². The number of carbonyl (C=O) groups is 1. The van der Waals surface area contributed by atoms with E-state index in [-0.39, 0.29) is 5.91 Å². The van der Waals surface area contributed by atoms with E-state index in [4.69, 9.17) is 5.73 Å². The zero-order valence-corrected chi connectivity index (χ0v) is 11.8. The van der Waals surface area contributed by atoms with Crippen LogP contribution in [0.5, 0.6) is 0 Å². The number of nitrogen functional groups attached to an aromatic ring is 1. The lowest BCUT2D eigenvalue weighted by Gasteiger charge is -2.27. The number of rotatable bonds is 3. The van der Waals surface area contributed by atoms with Crippen molar-refractivity contribution in [2.75, 3.05) is 30.3 Å². The van der Waals surface area contributed by atoms with Gasteiger partial charge in [-0.15, -0.1) is 11.3 Å². The first-order valence-electron chi connectivity index (χ1n) is 6.54. The van der Waals surface area contributed by atoms with Gasteiger partial charge in [0.25, 0.3) is 5.91 Å². The van der Waals surface area contributed by atoms with Crippen molar-refractivity contribution < 1.29 is 4.79 Å². The monoisotopic (exact) mass is 278 g/mol. The van der Waals surface area contributed by atoms with Gasteiger partial charge in [0.2, 0.25) is 0 Å². The lowest BCUT2D eigenvalue weighted by molar-refractivity contribution is 0.0960. The molecule has 3 N–H and O–H groups in total. The van der Waals surface area contributed by atoms with Crippen LogP contribution in [0.25, 0.3) is 0 Å². The summed E-state index contributed by atoms with van der Waals surface area (Å²) in [6, 6.07) is 2.14. The third-order valence-corrected chi connectivity index (χ3v) is 4.49. The Bertz CT molecular complexity index is 511. The molecule has 0 spiro atoms. The van der Waals surface area contributed by atoms with E-state index >= 15 is 0 Å². The molecule has 1 aromatic rings. The predicted molar refractivity (Wildman–Crippen MR) is 77.5 cm³/mol.